The molecule has 0 aromatic heterocycles. The lowest BCUT2D eigenvalue weighted by Crippen LogP contribution is -2.86. The van der Waals surface area contributed by atoms with Crippen LogP contribution in [-0.2, 0) is 9.53 Å². The molecule has 2 N–H and O–H groups in total. The second-order valence-corrected chi connectivity index (χ2v) is 6.41. The number of quaternary nitrogens is 1. The zero-order valence-corrected chi connectivity index (χ0v) is 13.3. The van der Waals surface area contributed by atoms with Crippen LogP contribution in [0.1, 0.15) is 37.8 Å². The first-order valence-corrected chi connectivity index (χ1v) is 7.77. The molecule has 114 valence electrons. The Kier molecular flexibility index (Phi) is 5.18. The fraction of sp³-hybridized carbons (Fsp3) is 0.500. The van der Waals surface area contributed by atoms with Crippen LogP contribution < -0.4 is 5.32 Å². The zero-order valence-electron chi connectivity index (χ0n) is 13.3. The van der Waals surface area contributed by atoms with Gasteiger partial charge in [0.15, 0.2) is 0 Å². The van der Waals surface area contributed by atoms with Gasteiger partial charge >= 0.3 is 5.97 Å². The number of carbonyl (C=O) groups is 1. The Morgan fingerprint density at radius 3 is 2.71 bits per heavy atom. The summed E-state index contributed by atoms with van der Waals surface area (Å²) in [4.78, 5) is 12.0. The number of esters is 1. The quantitative estimate of drug-likeness (QED) is 0.682. The summed E-state index contributed by atoms with van der Waals surface area (Å²) in [6.45, 7) is 8.36. The van der Waals surface area contributed by atoms with Crippen molar-refractivity contribution in [3.8, 4) is 0 Å². The first-order chi connectivity index (χ1) is 9.97. The fourth-order valence-electron chi connectivity index (χ4n) is 2.94. The lowest BCUT2D eigenvalue weighted by atomic mass is 9.83. The van der Waals surface area contributed by atoms with Gasteiger partial charge in [-0.25, -0.2) is 4.79 Å². The summed E-state index contributed by atoms with van der Waals surface area (Å²) in [6.07, 6.45) is 5.58. The third-order valence-electron chi connectivity index (χ3n) is 4.24. The monoisotopic (exact) mass is 288 g/mol. The van der Waals surface area contributed by atoms with Crippen LogP contribution in [-0.4, -0.2) is 24.7 Å². The Labute approximate surface area is 127 Å². The number of piperidine rings is 1. The topological polar surface area (TPSA) is 42.9 Å². The lowest BCUT2D eigenvalue weighted by molar-refractivity contribution is -0.665. The molecule has 0 unspecified atom stereocenters. The van der Waals surface area contributed by atoms with E-state index in [0.29, 0.717) is 5.92 Å². The Morgan fingerprint density at radius 1 is 1.33 bits per heavy atom. The Hall–Kier alpha value is -1.61. The minimum absolute atomic E-state index is 0.254. The molecule has 21 heavy (non-hydrogen) atoms. The van der Waals surface area contributed by atoms with Gasteiger partial charge in [-0.1, -0.05) is 29.8 Å². The van der Waals surface area contributed by atoms with Crippen LogP contribution in [0, 0.1) is 12.8 Å². The van der Waals surface area contributed by atoms with E-state index >= 15 is 0 Å². The van der Waals surface area contributed by atoms with Gasteiger partial charge in [-0.05, 0) is 32.4 Å². The van der Waals surface area contributed by atoms with Gasteiger partial charge in [-0.3, -0.25) is 0 Å². The van der Waals surface area contributed by atoms with Gasteiger partial charge in [0.25, 0.3) is 0 Å². The van der Waals surface area contributed by atoms with E-state index in [1.807, 2.05) is 51.1 Å². The predicted molar refractivity (Wildman–Crippen MR) is 84.8 cm³/mol. The molecule has 0 radical (unpaired) electrons. The molecule has 0 bridgehead atoms. The van der Waals surface area contributed by atoms with Gasteiger partial charge < -0.3 is 10.1 Å². The maximum absolute atomic E-state index is 12.0. The summed E-state index contributed by atoms with van der Waals surface area (Å²) in [5.74, 6) is 0.204. The molecule has 1 heterocycles. The number of ether oxygens (including phenoxy) is 1. The molecule has 0 saturated carbocycles. The van der Waals surface area contributed by atoms with Crippen molar-refractivity contribution < 1.29 is 14.8 Å². The first kappa shape index (κ1) is 15.8. The number of aryl methyl sites for hydroxylation is 1. The molecule has 1 fully saturated rings. The maximum atomic E-state index is 12.0. The molecule has 0 spiro atoms. The number of hydrogen-bond acceptors (Lipinski definition) is 2. The van der Waals surface area contributed by atoms with Gasteiger partial charge in [0.2, 0.25) is 0 Å². The average Bonchev–Trinajstić information content (AvgIpc) is 2.46. The van der Waals surface area contributed by atoms with Crippen molar-refractivity contribution in [2.24, 2.45) is 5.92 Å². The number of benzene rings is 1. The van der Waals surface area contributed by atoms with Gasteiger partial charge in [0.05, 0.1) is 13.1 Å². The Balaban J connectivity index is 1.94. The normalized spacial score (nSPS) is 17.1. The molecule has 2 rings (SSSR count). The number of rotatable bonds is 4. The van der Waals surface area contributed by atoms with Gasteiger partial charge in [0, 0.05) is 24.8 Å². The van der Waals surface area contributed by atoms with E-state index in [9.17, 15) is 4.79 Å². The molecule has 1 aliphatic rings. The van der Waals surface area contributed by atoms with Gasteiger partial charge in [-0.2, -0.15) is 0 Å². The van der Waals surface area contributed by atoms with Crippen molar-refractivity contribution in [2.75, 3.05) is 13.1 Å². The average molecular weight is 288 g/mol. The van der Waals surface area contributed by atoms with E-state index in [4.69, 9.17) is 4.74 Å². The van der Waals surface area contributed by atoms with Crippen LogP contribution >= 0.6 is 0 Å². The third-order valence-corrected chi connectivity index (χ3v) is 4.24. The number of carbonyl (C=O) groups excluding carboxylic acids is 1. The van der Waals surface area contributed by atoms with E-state index in [2.05, 4.69) is 5.32 Å². The fourth-order valence-corrected chi connectivity index (χ4v) is 2.94. The van der Waals surface area contributed by atoms with Crippen molar-refractivity contribution in [3.63, 3.8) is 0 Å². The van der Waals surface area contributed by atoms with E-state index in [0.717, 1.165) is 31.5 Å². The smallest absolute Gasteiger partial charge is 0.331 e. The van der Waals surface area contributed by atoms with E-state index in [1.165, 1.54) is 11.6 Å². The molecular weight excluding hydrogens is 262 g/mol. The largest absolute Gasteiger partial charge is 0.456 e. The van der Waals surface area contributed by atoms with Crippen molar-refractivity contribution in [2.45, 2.75) is 39.2 Å². The Morgan fingerprint density at radius 2 is 2.05 bits per heavy atom. The molecule has 1 saturated heterocycles. The summed E-state index contributed by atoms with van der Waals surface area (Å²) in [6, 6.07) is 8.06. The molecule has 1 aliphatic heterocycles. The SMILES string of the molecule is Cc1cccc(/C=C/C(=O)OC(C)(C)C2CC[NH2+]CC2)c1. The predicted octanol–water partition coefficient (Wildman–Crippen LogP) is 2.30. The molecule has 3 nitrogen and oxygen atoms in total. The van der Waals surface area contributed by atoms with Crippen LogP contribution in [0.3, 0.4) is 0 Å². The second-order valence-electron chi connectivity index (χ2n) is 6.41. The molecule has 3 heteroatoms. The highest BCUT2D eigenvalue weighted by Crippen LogP contribution is 2.28. The summed E-state index contributed by atoms with van der Waals surface area (Å²) < 4.78 is 5.69. The van der Waals surface area contributed by atoms with Gasteiger partial charge in [0.1, 0.15) is 5.60 Å². The highest BCUT2D eigenvalue weighted by atomic mass is 16.6. The standard InChI is InChI=1S/C18H25NO2/c1-14-5-4-6-15(13-14)7-8-17(20)21-18(2,3)16-9-11-19-12-10-16/h4-8,13,16,19H,9-12H2,1-3H3/p+1/b8-7+. The Bertz CT molecular complexity index is 514. The summed E-state index contributed by atoms with van der Waals surface area (Å²) in [7, 11) is 0. The highest BCUT2D eigenvalue weighted by Gasteiger charge is 2.34. The summed E-state index contributed by atoms with van der Waals surface area (Å²) >= 11 is 0. The molecule has 1 aromatic rings. The number of hydrogen-bond donors (Lipinski definition) is 1. The second kappa shape index (κ2) is 6.90. The molecule has 0 aliphatic carbocycles. The minimum Gasteiger partial charge on any atom is -0.456 e. The first-order valence-electron chi connectivity index (χ1n) is 7.77. The third kappa shape index (κ3) is 4.71. The van der Waals surface area contributed by atoms with Gasteiger partial charge in [-0.15, -0.1) is 0 Å². The summed E-state index contributed by atoms with van der Waals surface area (Å²) in [5.41, 5.74) is 1.82. The molecule has 0 atom stereocenters. The van der Waals surface area contributed by atoms with Crippen LogP contribution in [0.4, 0.5) is 0 Å². The lowest BCUT2D eigenvalue weighted by Gasteiger charge is -2.35. The van der Waals surface area contributed by atoms with Crippen molar-refractivity contribution >= 4 is 12.0 Å². The molecule has 0 amide bonds. The van der Waals surface area contributed by atoms with Crippen LogP contribution in [0.25, 0.3) is 6.08 Å². The highest BCUT2D eigenvalue weighted by molar-refractivity contribution is 5.87. The number of nitrogens with two attached hydrogens (primary N) is 1. The van der Waals surface area contributed by atoms with E-state index in [-0.39, 0.29) is 11.6 Å². The van der Waals surface area contributed by atoms with Crippen molar-refractivity contribution in [3.05, 3.63) is 41.5 Å². The minimum atomic E-state index is -0.387. The zero-order chi connectivity index (χ0) is 15.3. The molecule has 1 aromatic carbocycles. The van der Waals surface area contributed by atoms with Crippen LogP contribution in [0.5, 0.6) is 0 Å². The van der Waals surface area contributed by atoms with Crippen molar-refractivity contribution in [1.82, 2.24) is 0 Å². The molecular formula is C18H26NO2+. The van der Waals surface area contributed by atoms with Crippen molar-refractivity contribution in [1.29, 1.82) is 0 Å². The van der Waals surface area contributed by atoms with E-state index in [1.54, 1.807) is 0 Å². The van der Waals surface area contributed by atoms with Crippen LogP contribution in [0.15, 0.2) is 30.3 Å². The van der Waals surface area contributed by atoms with Crippen LogP contribution in [0.2, 0.25) is 0 Å². The van der Waals surface area contributed by atoms with E-state index < -0.39 is 0 Å². The maximum Gasteiger partial charge on any atom is 0.331 e. The summed E-state index contributed by atoms with van der Waals surface area (Å²) in [5, 5.41) is 2.33.